The van der Waals surface area contributed by atoms with Gasteiger partial charge in [0.1, 0.15) is 0 Å². The Hall–Kier alpha value is -0.630. The van der Waals surface area contributed by atoms with Crippen LogP contribution in [0.25, 0.3) is 4.85 Å². The fourth-order valence-corrected chi connectivity index (χ4v) is 0.540. The van der Waals surface area contributed by atoms with E-state index >= 15 is 0 Å². The molecule has 0 aliphatic heterocycles. The molecule has 0 saturated carbocycles. The van der Waals surface area contributed by atoms with E-state index in [0.717, 1.165) is 0 Å². The molecule has 0 aliphatic rings. The third kappa shape index (κ3) is 1.95. The van der Waals surface area contributed by atoms with Crippen LogP contribution in [-0.2, 0) is 14.2 Å². The monoisotopic (exact) mass is 145 g/mol. The van der Waals surface area contributed by atoms with Crippen LogP contribution in [0.2, 0.25) is 0 Å². The third-order valence-electron chi connectivity index (χ3n) is 1.21. The molecule has 0 radical (unpaired) electrons. The molecule has 0 atom stereocenters. The lowest BCUT2D eigenvalue weighted by atomic mass is 10.5. The van der Waals surface area contributed by atoms with Gasteiger partial charge in [-0.2, -0.15) is 0 Å². The van der Waals surface area contributed by atoms with Crippen molar-refractivity contribution in [2.45, 2.75) is 5.97 Å². The summed E-state index contributed by atoms with van der Waals surface area (Å²) in [5.74, 6) is -1.18. The molecule has 0 spiro atoms. The standard InChI is InChI=1S/C6H11NO3/c1-7-5-6(8-2,9-3)10-4/h5H2,2-4H3. The van der Waals surface area contributed by atoms with E-state index < -0.39 is 5.97 Å². The summed E-state index contributed by atoms with van der Waals surface area (Å²) in [6, 6.07) is 0. The highest BCUT2D eigenvalue weighted by atomic mass is 16.9. The van der Waals surface area contributed by atoms with Gasteiger partial charge in [-0.1, -0.05) is 0 Å². The molecule has 0 unspecified atom stereocenters. The number of nitrogens with zero attached hydrogens (tertiary/aromatic N) is 1. The second kappa shape index (κ2) is 4.23. The van der Waals surface area contributed by atoms with Crippen molar-refractivity contribution >= 4 is 0 Å². The molecule has 0 fully saturated rings. The van der Waals surface area contributed by atoms with Gasteiger partial charge in [0, 0.05) is 21.3 Å². The van der Waals surface area contributed by atoms with Gasteiger partial charge < -0.3 is 19.1 Å². The smallest absolute Gasteiger partial charge is 0.325 e. The fourth-order valence-electron chi connectivity index (χ4n) is 0.540. The molecule has 4 heteroatoms. The molecule has 0 bridgehead atoms. The Balaban J connectivity index is 4.04. The minimum absolute atomic E-state index is 0.0382. The van der Waals surface area contributed by atoms with Crippen molar-refractivity contribution < 1.29 is 14.2 Å². The number of hydrogen-bond donors (Lipinski definition) is 0. The highest BCUT2D eigenvalue weighted by molar-refractivity contribution is 4.69. The van der Waals surface area contributed by atoms with Gasteiger partial charge in [0.15, 0.2) is 0 Å². The zero-order chi connectivity index (χ0) is 8.04. The van der Waals surface area contributed by atoms with Gasteiger partial charge in [-0.25, -0.2) is 6.57 Å². The number of ether oxygens (including phenoxy) is 3. The van der Waals surface area contributed by atoms with Crippen molar-refractivity contribution in [2.75, 3.05) is 27.9 Å². The van der Waals surface area contributed by atoms with Crippen LogP contribution in [0.1, 0.15) is 0 Å². The van der Waals surface area contributed by atoms with Gasteiger partial charge >= 0.3 is 5.97 Å². The van der Waals surface area contributed by atoms with E-state index in [1.54, 1.807) is 0 Å². The molecule has 0 saturated heterocycles. The lowest BCUT2D eigenvalue weighted by Crippen LogP contribution is -2.38. The average Bonchev–Trinajstić information content (AvgIpc) is 2.01. The van der Waals surface area contributed by atoms with Crippen LogP contribution in [-0.4, -0.2) is 33.8 Å². The molecule has 0 aromatic carbocycles. The van der Waals surface area contributed by atoms with Crippen molar-refractivity contribution in [3.05, 3.63) is 11.4 Å². The maximum absolute atomic E-state index is 6.55. The number of hydrogen-bond acceptors (Lipinski definition) is 3. The van der Waals surface area contributed by atoms with Gasteiger partial charge in [0.25, 0.3) is 6.54 Å². The van der Waals surface area contributed by atoms with Crippen molar-refractivity contribution in [1.29, 1.82) is 0 Å². The minimum Gasteiger partial charge on any atom is -0.325 e. The SMILES string of the molecule is [C-]#[N+]CC(OC)(OC)OC. The Labute approximate surface area is 60.5 Å². The fraction of sp³-hybridized carbons (Fsp3) is 0.833. The summed E-state index contributed by atoms with van der Waals surface area (Å²) in [7, 11) is 4.29. The van der Waals surface area contributed by atoms with Crippen LogP contribution in [0, 0.1) is 6.57 Å². The first-order chi connectivity index (χ1) is 4.74. The summed E-state index contributed by atoms with van der Waals surface area (Å²) in [6.07, 6.45) is 0. The van der Waals surface area contributed by atoms with Crippen molar-refractivity contribution in [3.8, 4) is 0 Å². The first-order valence-electron chi connectivity index (χ1n) is 2.73. The zero-order valence-electron chi connectivity index (χ0n) is 6.38. The summed E-state index contributed by atoms with van der Waals surface area (Å²) >= 11 is 0. The Morgan fingerprint density at radius 1 is 1.20 bits per heavy atom. The normalized spacial score (nSPS) is 11.0. The molecule has 0 heterocycles. The van der Waals surface area contributed by atoms with Gasteiger partial charge in [-0.3, -0.25) is 0 Å². The summed E-state index contributed by atoms with van der Waals surface area (Å²) in [5, 5.41) is 0. The molecular formula is C6H11NO3. The molecule has 0 aromatic heterocycles. The average molecular weight is 145 g/mol. The minimum atomic E-state index is -1.18. The van der Waals surface area contributed by atoms with Crippen LogP contribution in [0.3, 0.4) is 0 Å². The summed E-state index contributed by atoms with van der Waals surface area (Å²) < 4.78 is 14.5. The second-order valence-electron chi connectivity index (χ2n) is 1.61. The maximum atomic E-state index is 6.55. The largest absolute Gasteiger partial charge is 0.359 e. The summed E-state index contributed by atoms with van der Waals surface area (Å²) in [4.78, 5) is 3.10. The van der Waals surface area contributed by atoms with Gasteiger partial charge in [0.2, 0.25) is 0 Å². The highest BCUT2D eigenvalue weighted by Crippen LogP contribution is 2.11. The molecule has 0 amide bonds. The Morgan fingerprint density at radius 2 is 1.60 bits per heavy atom. The maximum Gasteiger partial charge on any atom is 0.359 e. The second-order valence-corrected chi connectivity index (χ2v) is 1.61. The summed E-state index contributed by atoms with van der Waals surface area (Å²) in [6.45, 7) is 6.59. The lowest BCUT2D eigenvalue weighted by molar-refractivity contribution is -0.341. The van der Waals surface area contributed by atoms with Crippen LogP contribution in [0.5, 0.6) is 0 Å². The van der Waals surface area contributed by atoms with Crippen LogP contribution in [0.4, 0.5) is 0 Å². The molecule has 58 valence electrons. The summed E-state index contributed by atoms with van der Waals surface area (Å²) in [5.41, 5.74) is 0. The van der Waals surface area contributed by atoms with E-state index in [2.05, 4.69) is 4.85 Å². The molecular weight excluding hydrogens is 134 g/mol. The molecule has 0 rings (SSSR count). The van der Waals surface area contributed by atoms with Crippen LogP contribution < -0.4 is 0 Å². The first kappa shape index (κ1) is 9.37. The lowest BCUT2D eigenvalue weighted by Gasteiger charge is -2.22. The van der Waals surface area contributed by atoms with Gasteiger partial charge in [-0.15, -0.1) is 0 Å². The zero-order valence-corrected chi connectivity index (χ0v) is 6.38. The third-order valence-corrected chi connectivity index (χ3v) is 1.21. The molecule has 0 aromatic rings. The van der Waals surface area contributed by atoms with E-state index in [-0.39, 0.29) is 6.54 Å². The quantitative estimate of drug-likeness (QED) is 0.426. The van der Waals surface area contributed by atoms with E-state index in [0.29, 0.717) is 0 Å². The predicted octanol–water partition coefficient (Wildman–Crippen LogP) is 0.499. The van der Waals surface area contributed by atoms with Crippen LogP contribution in [0.15, 0.2) is 0 Å². The van der Waals surface area contributed by atoms with Crippen LogP contribution >= 0.6 is 0 Å². The van der Waals surface area contributed by atoms with Gasteiger partial charge in [-0.05, 0) is 0 Å². The highest BCUT2D eigenvalue weighted by Gasteiger charge is 2.33. The topological polar surface area (TPSA) is 32.0 Å². The number of rotatable bonds is 4. The van der Waals surface area contributed by atoms with Gasteiger partial charge in [0.05, 0.1) is 0 Å². The molecule has 4 nitrogen and oxygen atoms in total. The van der Waals surface area contributed by atoms with E-state index in [1.807, 2.05) is 0 Å². The Morgan fingerprint density at radius 3 is 1.70 bits per heavy atom. The Kier molecular flexibility index (Phi) is 3.96. The van der Waals surface area contributed by atoms with Crippen molar-refractivity contribution in [3.63, 3.8) is 0 Å². The predicted molar refractivity (Wildman–Crippen MR) is 35.2 cm³/mol. The van der Waals surface area contributed by atoms with E-state index in [9.17, 15) is 0 Å². The van der Waals surface area contributed by atoms with E-state index in [4.69, 9.17) is 20.8 Å². The molecule has 0 N–H and O–H groups in total. The first-order valence-corrected chi connectivity index (χ1v) is 2.73. The molecule has 10 heavy (non-hydrogen) atoms. The Bertz CT molecular complexity index is 117. The van der Waals surface area contributed by atoms with Crippen molar-refractivity contribution in [2.24, 2.45) is 0 Å². The van der Waals surface area contributed by atoms with E-state index in [1.165, 1.54) is 21.3 Å². The van der Waals surface area contributed by atoms with Crippen molar-refractivity contribution in [1.82, 2.24) is 0 Å². The number of methoxy groups -OCH3 is 3. The molecule has 0 aliphatic carbocycles.